The van der Waals surface area contributed by atoms with Crippen molar-refractivity contribution in [2.24, 2.45) is 0 Å². The average molecular weight is 156 g/mol. The number of nitrogens with one attached hydrogen (secondary N) is 1. The first-order chi connectivity index (χ1) is 5.18. The highest BCUT2D eigenvalue weighted by Crippen LogP contribution is 2.21. The number of carbonyl (C=O) groups excluding carboxylic acids is 2. The molecule has 0 aromatic rings. The van der Waals surface area contributed by atoms with Crippen LogP contribution in [0.4, 0.5) is 4.79 Å². The van der Waals surface area contributed by atoms with Gasteiger partial charge in [0.05, 0.1) is 6.10 Å². The molecule has 0 aromatic heterocycles. The van der Waals surface area contributed by atoms with E-state index < -0.39 is 12.1 Å². The fraction of sp³-hybridized carbons (Fsp3) is 0.667. The lowest BCUT2D eigenvalue weighted by molar-refractivity contribution is -0.121. The van der Waals surface area contributed by atoms with Gasteiger partial charge in [0, 0.05) is 13.0 Å². The monoisotopic (exact) mass is 156 g/mol. The van der Waals surface area contributed by atoms with Crippen LogP contribution in [0, 0.1) is 0 Å². The van der Waals surface area contributed by atoms with E-state index in [0.717, 1.165) is 0 Å². The smallest absolute Gasteiger partial charge is 0.324 e. The summed E-state index contributed by atoms with van der Waals surface area (Å²) in [7, 11) is 0. The molecule has 2 aliphatic heterocycles. The molecule has 2 saturated heterocycles. The van der Waals surface area contributed by atoms with Gasteiger partial charge in [-0.25, -0.2) is 4.79 Å². The number of nitrogens with zero attached hydrogens (tertiary/aromatic N) is 1. The van der Waals surface area contributed by atoms with Crippen LogP contribution < -0.4 is 5.32 Å². The molecule has 2 N–H and O–H groups in total. The van der Waals surface area contributed by atoms with E-state index in [1.165, 1.54) is 4.90 Å². The Bertz CT molecular complexity index is 206. The van der Waals surface area contributed by atoms with Gasteiger partial charge < -0.3 is 10.0 Å². The van der Waals surface area contributed by atoms with Gasteiger partial charge in [0.1, 0.15) is 6.04 Å². The first-order valence-corrected chi connectivity index (χ1v) is 3.48. The van der Waals surface area contributed by atoms with Crippen molar-refractivity contribution in [2.45, 2.75) is 18.6 Å². The summed E-state index contributed by atoms with van der Waals surface area (Å²) >= 11 is 0. The summed E-state index contributed by atoms with van der Waals surface area (Å²) in [5, 5.41) is 11.3. The van der Waals surface area contributed by atoms with Crippen molar-refractivity contribution in [1.29, 1.82) is 0 Å². The van der Waals surface area contributed by atoms with Gasteiger partial charge in [-0.05, 0) is 0 Å². The average Bonchev–Trinajstić information content (AvgIpc) is 2.38. The van der Waals surface area contributed by atoms with Crippen LogP contribution in [0.3, 0.4) is 0 Å². The van der Waals surface area contributed by atoms with Gasteiger partial charge in [-0.1, -0.05) is 0 Å². The topological polar surface area (TPSA) is 69.6 Å². The normalized spacial score (nSPS) is 35.9. The summed E-state index contributed by atoms with van der Waals surface area (Å²) in [6.07, 6.45) is -0.160. The number of urea groups is 1. The maximum absolute atomic E-state index is 10.9. The summed E-state index contributed by atoms with van der Waals surface area (Å²) in [5.41, 5.74) is 0. The quantitative estimate of drug-likeness (QED) is 0.427. The Balaban J connectivity index is 2.23. The van der Waals surface area contributed by atoms with Crippen LogP contribution in [0.1, 0.15) is 6.42 Å². The molecule has 2 heterocycles. The summed E-state index contributed by atoms with van der Waals surface area (Å²) < 4.78 is 0. The summed E-state index contributed by atoms with van der Waals surface area (Å²) in [5.74, 6) is -0.286. The highest BCUT2D eigenvalue weighted by Gasteiger charge is 2.44. The Kier molecular flexibility index (Phi) is 1.17. The lowest BCUT2D eigenvalue weighted by atomic mass is 10.2. The molecule has 2 rings (SSSR count). The number of rotatable bonds is 0. The van der Waals surface area contributed by atoms with Crippen molar-refractivity contribution in [2.75, 3.05) is 6.54 Å². The van der Waals surface area contributed by atoms with Crippen molar-refractivity contribution in [3.63, 3.8) is 0 Å². The second kappa shape index (κ2) is 1.94. The lowest BCUT2D eigenvalue weighted by Crippen LogP contribution is -2.30. The molecule has 3 amide bonds. The van der Waals surface area contributed by atoms with Crippen molar-refractivity contribution >= 4 is 11.9 Å². The van der Waals surface area contributed by atoms with E-state index in [2.05, 4.69) is 5.32 Å². The standard InChI is InChI=1S/C6H8N2O3/c9-3-1-4-5(10)7-6(11)8(4)2-3/h3-4,9H,1-2H2,(H,7,10,11)/t3-,4?/m1/s1. The third-order valence-electron chi connectivity index (χ3n) is 2.07. The molecule has 2 atom stereocenters. The first kappa shape index (κ1) is 6.60. The Labute approximate surface area is 63.0 Å². The molecule has 2 fully saturated rings. The number of hydrogen-bond acceptors (Lipinski definition) is 3. The Morgan fingerprint density at radius 2 is 2.27 bits per heavy atom. The lowest BCUT2D eigenvalue weighted by Gasteiger charge is -2.09. The highest BCUT2D eigenvalue weighted by atomic mass is 16.3. The molecule has 0 aromatic carbocycles. The minimum Gasteiger partial charge on any atom is -0.391 e. The van der Waals surface area contributed by atoms with Gasteiger partial charge in [0.25, 0.3) is 5.91 Å². The molecule has 1 unspecified atom stereocenters. The minimum absolute atomic E-state index is 0.280. The molecule has 0 bridgehead atoms. The molecular formula is C6H8N2O3. The SMILES string of the molecule is O=C1NC(=O)N2C[C@H](O)CC12. The van der Waals surface area contributed by atoms with Crippen molar-refractivity contribution in [3.8, 4) is 0 Å². The van der Waals surface area contributed by atoms with E-state index in [9.17, 15) is 9.59 Å². The molecule has 0 radical (unpaired) electrons. The van der Waals surface area contributed by atoms with E-state index in [-0.39, 0.29) is 18.5 Å². The molecule has 5 nitrogen and oxygen atoms in total. The summed E-state index contributed by atoms with van der Waals surface area (Å²) in [4.78, 5) is 23.2. The number of aliphatic hydroxyl groups excluding tert-OH is 1. The van der Waals surface area contributed by atoms with E-state index in [0.29, 0.717) is 6.42 Å². The maximum Gasteiger partial charge on any atom is 0.324 e. The van der Waals surface area contributed by atoms with Crippen molar-refractivity contribution < 1.29 is 14.7 Å². The predicted octanol–water partition coefficient (Wildman–Crippen LogP) is -1.33. The molecule has 0 saturated carbocycles. The predicted molar refractivity (Wildman–Crippen MR) is 34.7 cm³/mol. The van der Waals surface area contributed by atoms with E-state index in [1.807, 2.05) is 0 Å². The second-order valence-electron chi connectivity index (χ2n) is 2.85. The van der Waals surface area contributed by atoms with Gasteiger partial charge in [-0.3, -0.25) is 10.1 Å². The van der Waals surface area contributed by atoms with Crippen LogP contribution in [0.15, 0.2) is 0 Å². The number of hydrogen-bond donors (Lipinski definition) is 2. The Hall–Kier alpha value is -1.10. The third-order valence-corrected chi connectivity index (χ3v) is 2.07. The molecule has 0 spiro atoms. The summed E-state index contributed by atoms with van der Waals surface area (Å²) in [6.45, 7) is 0.280. The fourth-order valence-electron chi connectivity index (χ4n) is 1.55. The van der Waals surface area contributed by atoms with Gasteiger partial charge in [0.2, 0.25) is 0 Å². The van der Waals surface area contributed by atoms with Crippen molar-refractivity contribution in [3.05, 3.63) is 0 Å². The van der Waals surface area contributed by atoms with Gasteiger partial charge in [-0.2, -0.15) is 0 Å². The van der Waals surface area contributed by atoms with Crippen LogP contribution in [0.5, 0.6) is 0 Å². The van der Waals surface area contributed by atoms with Crippen LogP contribution in [-0.4, -0.2) is 40.6 Å². The van der Waals surface area contributed by atoms with E-state index in [1.54, 1.807) is 0 Å². The molecule has 2 aliphatic rings. The molecule has 5 heteroatoms. The third kappa shape index (κ3) is 0.808. The number of fused-ring (bicyclic) bond motifs is 1. The number of carbonyl (C=O) groups is 2. The molecule has 11 heavy (non-hydrogen) atoms. The van der Waals surface area contributed by atoms with Crippen LogP contribution in [-0.2, 0) is 4.79 Å². The van der Waals surface area contributed by atoms with Crippen LogP contribution >= 0.6 is 0 Å². The zero-order chi connectivity index (χ0) is 8.01. The fourth-order valence-corrected chi connectivity index (χ4v) is 1.55. The van der Waals surface area contributed by atoms with Gasteiger partial charge in [-0.15, -0.1) is 0 Å². The van der Waals surface area contributed by atoms with Gasteiger partial charge in [0.15, 0.2) is 0 Å². The number of imide groups is 1. The number of amides is 3. The van der Waals surface area contributed by atoms with Crippen LogP contribution in [0.2, 0.25) is 0 Å². The Morgan fingerprint density at radius 1 is 1.55 bits per heavy atom. The first-order valence-electron chi connectivity index (χ1n) is 3.48. The van der Waals surface area contributed by atoms with E-state index in [4.69, 9.17) is 5.11 Å². The molecule has 60 valence electrons. The van der Waals surface area contributed by atoms with Crippen molar-refractivity contribution in [1.82, 2.24) is 10.2 Å². The zero-order valence-electron chi connectivity index (χ0n) is 5.78. The maximum atomic E-state index is 10.9. The van der Waals surface area contributed by atoms with E-state index >= 15 is 0 Å². The molecule has 0 aliphatic carbocycles. The molecular weight excluding hydrogens is 148 g/mol. The number of aliphatic hydroxyl groups is 1. The zero-order valence-corrected chi connectivity index (χ0v) is 5.78. The van der Waals surface area contributed by atoms with Gasteiger partial charge >= 0.3 is 6.03 Å². The highest BCUT2D eigenvalue weighted by molar-refractivity contribution is 6.04. The largest absolute Gasteiger partial charge is 0.391 e. The Morgan fingerprint density at radius 3 is 2.91 bits per heavy atom. The van der Waals surface area contributed by atoms with Crippen LogP contribution in [0.25, 0.3) is 0 Å². The minimum atomic E-state index is -0.532. The summed E-state index contributed by atoms with van der Waals surface area (Å²) in [6, 6.07) is -0.797. The second-order valence-corrected chi connectivity index (χ2v) is 2.85.